The van der Waals surface area contributed by atoms with E-state index in [-0.39, 0.29) is 11.7 Å². The lowest BCUT2D eigenvalue weighted by atomic mass is 10.1. The zero-order chi connectivity index (χ0) is 13.0. The molecule has 0 radical (unpaired) electrons. The van der Waals surface area contributed by atoms with Gasteiger partial charge in [-0.3, -0.25) is 14.0 Å². The lowest BCUT2D eigenvalue weighted by Crippen LogP contribution is -2.31. The molecular weight excluding hydrogens is 245 g/mol. The molecular formula is C11H14FNO3S. The molecule has 1 N–H and O–H groups in total. The van der Waals surface area contributed by atoms with E-state index in [4.69, 9.17) is 5.11 Å². The quantitative estimate of drug-likeness (QED) is 0.871. The number of aliphatic carboxylic acids is 1. The fraction of sp³-hybridized carbons (Fsp3) is 0.455. The minimum Gasteiger partial charge on any atom is -0.480 e. The van der Waals surface area contributed by atoms with Gasteiger partial charge in [-0.15, -0.1) is 0 Å². The second-order valence-corrected chi connectivity index (χ2v) is 5.60. The number of aromatic nitrogens is 1. The summed E-state index contributed by atoms with van der Waals surface area (Å²) in [5.41, 5.74) is 0.440. The average Bonchev–Trinajstić information content (AvgIpc) is 2.15. The first-order chi connectivity index (χ1) is 7.91. The van der Waals surface area contributed by atoms with Crippen LogP contribution in [0.15, 0.2) is 18.5 Å². The molecule has 0 aliphatic heterocycles. The second-order valence-electron chi connectivity index (χ2n) is 4.04. The highest BCUT2D eigenvalue weighted by atomic mass is 32.2. The lowest BCUT2D eigenvalue weighted by Gasteiger charge is -2.15. The van der Waals surface area contributed by atoms with Crippen molar-refractivity contribution in [2.45, 2.75) is 24.9 Å². The molecule has 6 heteroatoms. The average molecular weight is 259 g/mol. The first-order valence-corrected chi connectivity index (χ1v) is 6.49. The Bertz CT molecular complexity index is 436. The van der Waals surface area contributed by atoms with Gasteiger partial charge in [-0.05, 0) is 17.5 Å². The smallest absolute Gasteiger partial charge is 0.319 e. The molecule has 0 aliphatic carbocycles. The maximum atomic E-state index is 12.9. The molecule has 1 aromatic rings. The van der Waals surface area contributed by atoms with Crippen LogP contribution in [0.2, 0.25) is 0 Å². The van der Waals surface area contributed by atoms with Crippen LogP contribution in [0.5, 0.6) is 0 Å². The number of hydrogen-bond donors (Lipinski definition) is 1. The van der Waals surface area contributed by atoms with Crippen molar-refractivity contribution in [3.63, 3.8) is 0 Å². The first-order valence-electron chi connectivity index (χ1n) is 5.11. The molecule has 1 heterocycles. The van der Waals surface area contributed by atoms with Gasteiger partial charge >= 0.3 is 5.97 Å². The maximum absolute atomic E-state index is 12.9. The molecule has 0 aliphatic rings. The fourth-order valence-corrected chi connectivity index (χ4v) is 2.99. The van der Waals surface area contributed by atoms with Crippen molar-refractivity contribution in [2.75, 3.05) is 0 Å². The van der Waals surface area contributed by atoms with Gasteiger partial charge in [0.15, 0.2) is 0 Å². The number of rotatable bonds is 5. The van der Waals surface area contributed by atoms with Crippen molar-refractivity contribution in [2.24, 2.45) is 5.92 Å². The van der Waals surface area contributed by atoms with E-state index >= 15 is 0 Å². The largest absolute Gasteiger partial charge is 0.480 e. The molecule has 0 spiro atoms. The molecule has 1 rings (SSSR count). The van der Waals surface area contributed by atoms with E-state index in [1.807, 2.05) is 0 Å². The number of pyridine rings is 1. The summed E-state index contributed by atoms with van der Waals surface area (Å²) in [5, 5.41) is 8.02. The highest BCUT2D eigenvalue weighted by molar-refractivity contribution is 7.85. The van der Waals surface area contributed by atoms with E-state index in [1.165, 1.54) is 12.3 Å². The van der Waals surface area contributed by atoms with Gasteiger partial charge < -0.3 is 5.11 Å². The molecule has 17 heavy (non-hydrogen) atoms. The van der Waals surface area contributed by atoms with Crippen LogP contribution >= 0.6 is 0 Å². The predicted octanol–water partition coefficient (Wildman–Crippen LogP) is 1.58. The Morgan fingerprint density at radius 3 is 2.65 bits per heavy atom. The number of nitrogens with zero attached hydrogens (tertiary/aromatic N) is 1. The molecule has 0 amide bonds. The zero-order valence-electron chi connectivity index (χ0n) is 9.59. The number of carbonyl (C=O) groups is 1. The molecule has 0 bridgehead atoms. The maximum Gasteiger partial charge on any atom is 0.319 e. The molecule has 2 atom stereocenters. The minimum absolute atomic E-state index is 0.0000926. The standard InChI is InChI=1S/C11H14FNO3S/c1-7(2)10(11(14)15)17(16)6-8-3-9(12)5-13-4-8/h3-5,7,10H,6H2,1-2H3,(H,14,15). The summed E-state index contributed by atoms with van der Waals surface area (Å²) in [6, 6.07) is 1.21. The molecule has 1 aromatic heterocycles. The highest BCUT2D eigenvalue weighted by Crippen LogP contribution is 2.14. The molecule has 2 unspecified atom stereocenters. The van der Waals surface area contributed by atoms with E-state index in [2.05, 4.69) is 4.98 Å². The number of hydrogen-bond acceptors (Lipinski definition) is 3. The topological polar surface area (TPSA) is 67.3 Å². The molecule has 0 saturated heterocycles. The Labute approximate surface area is 101 Å². The van der Waals surface area contributed by atoms with Gasteiger partial charge in [0.05, 0.1) is 11.9 Å². The Morgan fingerprint density at radius 1 is 1.53 bits per heavy atom. The van der Waals surface area contributed by atoms with Crippen LogP contribution in [0.25, 0.3) is 0 Å². The van der Waals surface area contributed by atoms with Crippen molar-refractivity contribution >= 4 is 16.8 Å². The SMILES string of the molecule is CC(C)C(C(=O)O)S(=O)Cc1cncc(F)c1. The van der Waals surface area contributed by atoms with E-state index in [1.54, 1.807) is 13.8 Å². The highest BCUT2D eigenvalue weighted by Gasteiger charge is 2.28. The third-order valence-corrected chi connectivity index (χ3v) is 4.13. The number of halogens is 1. The van der Waals surface area contributed by atoms with Crippen LogP contribution in [-0.2, 0) is 21.3 Å². The summed E-state index contributed by atoms with van der Waals surface area (Å²) < 4.78 is 24.7. The summed E-state index contributed by atoms with van der Waals surface area (Å²) >= 11 is 0. The monoisotopic (exact) mass is 259 g/mol. The normalized spacial score (nSPS) is 14.6. The van der Waals surface area contributed by atoms with Crippen molar-refractivity contribution < 1.29 is 18.5 Å². The van der Waals surface area contributed by atoms with Crippen molar-refractivity contribution in [3.05, 3.63) is 29.8 Å². The third kappa shape index (κ3) is 3.89. The molecule has 0 fully saturated rings. The molecule has 0 aromatic carbocycles. The van der Waals surface area contributed by atoms with Crippen molar-refractivity contribution in [3.8, 4) is 0 Å². The summed E-state index contributed by atoms with van der Waals surface area (Å²) in [5.74, 6) is -1.85. The van der Waals surface area contributed by atoms with E-state index in [9.17, 15) is 13.4 Å². The van der Waals surface area contributed by atoms with Gasteiger partial charge in [-0.25, -0.2) is 4.39 Å². The van der Waals surface area contributed by atoms with Crippen LogP contribution < -0.4 is 0 Å². The summed E-state index contributed by atoms with van der Waals surface area (Å²) in [6.07, 6.45) is 2.43. The second kappa shape index (κ2) is 5.86. The number of carboxylic acid groups (broad SMARTS) is 1. The lowest BCUT2D eigenvalue weighted by molar-refractivity contribution is -0.137. The Balaban J connectivity index is 2.81. The first kappa shape index (κ1) is 13.8. The summed E-state index contributed by atoms with van der Waals surface area (Å²) in [6.45, 7) is 3.39. The van der Waals surface area contributed by atoms with Crippen LogP contribution in [0.1, 0.15) is 19.4 Å². The van der Waals surface area contributed by atoms with E-state index < -0.39 is 27.8 Å². The molecule has 0 saturated carbocycles. The molecule has 94 valence electrons. The van der Waals surface area contributed by atoms with Crippen LogP contribution in [-0.4, -0.2) is 25.5 Å². The third-order valence-electron chi connectivity index (χ3n) is 2.20. The number of carboxylic acids is 1. The van der Waals surface area contributed by atoms with Gasteiger partial charge in [0, 0.05) is 17.0 Å². The fourth-order valence-electron chi connectivity index (χ4n) is 1.49. The Kier molecular flexibility index (Phi) is 4.74. The van der Waals surface area contributed by atoms with E-state index in [0.29, 0.717) is 5.56 Å². The Morgan fingerprint density at radius 2 is 2.18 bits per heavy atom. The van der Waals surface area contributed by atoms with Crippen LogP contribution in [0, 0.1) is 11.7 Å². The van der Waals surface area contributed by atoms with Gasteiger partial charge in [0.25, 0.3) is 0 Å². The van der Waals surface area contributed by atoms with Crippen molar-refractivity contribution in [1.82, 2.24) is 4.98 Å². The zero-order valence-corrected chi connectivity index (χ0v) is 10.4. The van der Waals surface area contributed by atoms with Gasteiger partial charge in [0.1, 0.15) is 11.1 Å². The summed E-state index contributed by atoms with van der Waals surface area (Å²) in [7, 11) is -1.58. The van der Waals surface area contributed by atoms with Crippen LogP contribution in [0.3, 0.4) is 0 Å². The van der Waals surface area contributed by atoms with Crippen molar-refractivity contribution in [1.29, 1.82) is 0 Å². The van der Waals surface area contributed by atoms with Gasteiger partial charge in [0.2, 0.25) is 0 Å². The van der Waals surface area contributed by atoms with Gasteiger partial charge in [-0.2, -0.15) is 0 Å². The van der Waals surface area contributed by atoms with E-state index in [0.717, 1.165) is 6.20 Å². The minimum atomic E-state index is -1.58. The van der Waals surface area contributed by atoms with Gasteiger partial charge in [-0.1, -0.05) is 13.8 Å². The van der Waals surface area contributed by atoms with Crippen LogP contribution in [0.4, 0.5) is 4.39 Å². The molecule has 4 nitrogen and oxygen atoms in total. The Hall–Kier alpha value is -1.30. The summed E-state index contributed by atoms with van der Waals surface area (Å²) in [4.78, 5) is 14.6. The predicted molar refractivity (Wildman–Crippen MR) is 62.3 cm³/mol.